The first-order chi connectivity index (χ1) is 14.6. The molecule has 0 bridgehead atoms. The molecule has 0 aliphatic heterocycles. The molecule has 5 rings (SSSR count). The predicted molar refractivity (Wildman–Crippen MR) is 117 cm³/mol. The van der Waals surface area contributed by atoms with Gasteiger partial charge in [-0.05, 0) is 47.8 Å². The number of carbonyl (C=O) groups is 1. The summed E-state index contributed by atoms with van der Waals surface area (Å²) in [5.41, 5.74) is 3.88. The third-order valence-electron chi connectivity index (χ3n) is 4.94. The molecule has 0 aliphatic carbocycles. The number of thiophene rings is 1. The van der Waals surface area contributed by atoms with Crippen molar-refractivity contribution >= 4 is 38.5 Å². The van der Waals surface area contributed by atoms with Gasteiger partial charge >= 0.3 is 0 Å². The van der Waals surface area contributed by atoms with Crippen molar-refractivity contribution in [3.8, 4) is 5.69 Å². The summed E-state index contributed by atoms with van der Waals surface area (Å²) in [6, 6.07) is 17.1. The lowest BCUT2D eigenvalue weighted by Crippen LogP contribution is -2.28. The Morgan fingerprint density at radius 3 is 2.73 bits per heavy atom. The van der Waals surface area contributed by atoms with Gasteiger partial charge < -0.3 is 9.88 Å². The fourth-order valence-electron chi connectivity index (χ4n) is 3.44. The number of rotatable bonds is 4. The molecule has 3 heterocycles. The number of aromatic amines is 1. The van der Waals surface area contributed by atoms with E-state index in [1.54, 1.807) is 31.6 Å². The molecule has 7 nitrogen and oxygen atoms in total. The van der Waals surface area contributed by atoms with E-state index in [0.717, 1.165) is 16.7 Å². The lowest BCUT2D eigenvalue weighted by Gasteiger charge is -2.17. The monoisotopic (exact) mass is 415 g/mol. The van der Waals surface area contributed by atoms with Crippen LogP contribution in [-0.2, 0) is 6.54 Å². The first-order valence-electron chi connectivity index (χ1n) is 9.34. The highest BCUT2D eigenvalue weighted by Crippen LogP contribution is 2.19. The Bertz CT molecular complexity index is 1430. The Hall–Kier alpha value is -3.78. The van der Waals surface area contributed by atoms with E-state index in [1.165, 1.54) is 16.2 Å². The zero-order valence-corrected chi connectivity index (χ0v) is 16.9. The van der Waals surface area contributed by atoms with Crippen molar-refractivity contribution in [2.45, 2.75) is 6.54 Å². The minimum absolute atomic E-state index is 0.148. The standard InChI is InChI=1S/C22H17N5O2S/c1-26(12-19-24-17-10-11-30-20(17)21(28)25-19)22(29)14-6-8-15(9-7-14)27-13-23-16-4-2-3-5-18(16)27/h2-11,13H,12H2,1H3,(H,24,25,28). The van der Waals surface area contributed by atoms with Gasteiger partial charge in [0.05, 0.1) is 23.1 Å². The topological polar surface area (TPSA) is 83.9 Å². The Morgan fingerprint density at radius 2 is 1.90 bits per heavy atom. The summed E-state index contributed by atoms with van der Waals surface area (Å²) in [6.45, 7) is 0.216. The average Bonchev–Trinajstić information content (AvgIpc) is 3.40. The first-order valence-corrected chi connectivity index (χ1v) is 10.2. The van der Waals surface area contributed by atoms with Crippen molar-refractivity contribution in [2.24, 2.45) is 0 Å². The quantitative estimate of drug-likeness (QED) is 0.486. The minimum Gasteiger partial charge on any atom is -0.334 e. The molecule has 0 saturated carbocycles. The summed E-state index contributed by atoms with van der Waals surface area (Å²) in [7, 11) is 1.69. The predicted octanol–water partition coefficient (Wildman–Crippen LogP) is 3.60. The summed E-state index contributed by atoms with van der Waals surface area (Å²) >= 11 is 1.35. The van der Waals surface area contributed by atoms with Crippen molar-refractivity contribution in [1.82, 2.24) is 24.4 Å². The van der Waals surface area contributed by atoms with Crippen molar-refractivity contribution in [2.75, 3.05) is 7.05 Å². The fourth-order valence-corrected chi connectivity index (χ4v) is 4.17. The van der Waals surface area contributed by atoms with E-state index in [-0.39, 0.29) is 18.0 Å². The molecule has 0 atom stereocenters. The van der Waals surface area contributed by atoms with Crippen LogP contribution in [0.5, 0.6) is 0 Å². The largest absolute Gasteiger partial charge is 0.334 e. The molecule has 0 saturated heterocycles. The molecule has 1 amide bonds. The van der Waals surface area contributed by atoms with Crippen molar-refractivity contribution < 1.29 is 4.79 Å². The first kappa shape index (κ1) is 18.3. The number of carbonyl (C=O) groups excluding carboxylic acids is 1. The van der Waals surface area contributed by atoms with Gasteiger partial charge in [0.2, 0.25) is 0 Å². The second kappa shape index (κ2) is 7.23. The van der Waals surface area contributed by atoms with E-state index in [0.29, 0.717) is 21.6 Å². The van der Waals surface area contributed by atoms with E-state index in [9.17, 15) is 9.59 Å². The number of fused-ring (bicyclic) bond motifs is 2. The number of nitrogens with one attached hydrogen (secondary N) is 1. The summed E-state index contributed by atoms with van der Waals surface area (Å²) < 4.78 is 2.58. The van der Waals surface area contributed by atoms with Crippen LogP contribution in [0.25, 0.3) is 26.9 Å². The van der Waals surface area contributed by atoms with E-state index in [2.05, 4.69) is 15.0 Å². The number of nitrogens with zero attached hydrogens (tertiary/aromatic N) is 4. The molecule has 0 unspecified atom stereocenters. The van der Waals surface area contributed by atoms with Crippen LogP contribution < -0.4 is 5.56 Å². The van der Waals surface area contributed by atoms with Gasteiger partial charge in [-0.2, -0.15) is 0 Å². The number of H-pyrrole nitrogens is 1. The number of hydrogen-bond acceptors (Lipinski definition) is 5. The summed E-state index contributed by atoms with van der Waals surface area (Å²) in [6.07, 6.45) is 1.77. The summed E-state index contributed by atoms with van der Waals surface area (Å²) in [5.74, 6) is 0.313. The van der Waals surface area contributed by atoms with Crippen LogP contribution >= 0.6 is 11.3 Å². The Labute approximate surface area is 175 Å². The van der Waals surface area contributed by atoms with Crippen LogP contribution in [0.4, 0.5) is 0 Å². The normalized spacial score (nSPS) is 11.2. The number of imidazole rings is 1. The van der Waals surface area contributed by atoms with Crippen molar-refractivity contribution in [1.29, 1.82) is 0 Å². The zero-order chi connectivity index (χ0) is 20.7. The molecule has 1 N–H and O–H groups in total. The third-order valence-corrected chi connectivity index (χ3v) is 5.85. The molecule has 30 heavy (non-hydrogen) atoms. The molecule has 0 fully saturated rings. The maximum atomic E-state index is 12.8. The second-order valence-corrected chi connectivity index (χ2v) is 7.88. The maximum Gasteiger partial charge on any atom is 0.268 e. The van der Waals surface area contributed by atoms with Gasteiger partial charge in [0, 0.05) is 18.3 Å². The van der Waals surface area contributed by atoms with Crippen molar-refractivity contribution in [3.63, 3.8) is 0 Å². The van der Waals surface area contributed by atoms with Gasteiger partial charge in [-0.3, -0.25) is 14.2 Å². The number of amides is 1. The number of hydrogen-bond donors (Lipinski definition) is 1. The van der Waals surface area contributed by atoms with Crippen molar-refractivity contribution in [3.05, 3.63) is 88.0 Å². The molecule has 0 spiro atoms. The minimum atomic E-state index is -0.178. The van der Waals surface area contributed by atoms with Crippen LogP contribution in [0.2, 0.25) is 0 Å². The summed E-state index contributed by atoms with van der Waals surface area (Å²) in [5, 5.41) is 1.83. The Kier molecular flexibility index (Phi) is 4.40. The van der Waals surface area contributed by atoms with Gasteiger partial charge in [-0.25, -0.2) is 9.97 Å². The van der Waals surface area contributed by atoms with Crippen LogP contribution in [-0.4, -0.2) is 37.4 Å². The highest BCUT2D eigenvalue weighted by atomic mass is 32.1. The molecule has 0 radical (unpaired) electrons. The van der Waals surface area contributed by atoms with Crippen LogP contribution in [0.15, 0.2) is 71.1 Å². The Balaban J connectivity index is 1.37. The van der Waals surface area contributed by atoms with Crippen LogP contribution in [0.3, 0.4) is 0 Å². The van der Waals surface area contributed by atoms with Gasteiger partial charge in [0.15, 0.2) is 0 Å². The zero-order valence-electron chi connectivity index (χ0n) is 16.1. The highest BCUT2D eigenvalue weighted by Gasteiger charge is 2.15. The average molecular weight is 415 g/mol. The highest BCUT2D eigenvalue weighted by molar-refractivity contribution is 7.17. The summed E-state index contributed by atoms with van der Waals surface area (Å²) in [4.78, 5) is 38.1. The van der Waals surface area contributed by atoms with E-state index in [4.69, 9.17) is 0 Å². The molecular formula is C22H17N5O2S. The van der Waals surface area contributed by atoms with E-state index in [1.807, 2.05) is 46.3 Å². The second-order valence-electron chi connectivity index (χ2n) is 6.96. The number of para-hydroxylation sites is 2. The smallest absolute Gasteiger partial charge is 0.268 e. The number of benzene rings is 2. The molecule has 2 aromatic carbocycles. The van der Waals surface area contributed by atoms with Gasteiger partial charge in [0.25, 0.3) is 11.5 Å². The van der Waals surface area contributed by atoms with Crippen LogP contribution in [0.1, 0.15) is 16.2 Å². The molecule has 0 aliphatic rings. The van der Waals surface area contributed by atoms with Gasteiger partial charge in [-0.15, -0.1) is 11.3 Å². The van der Waals surface area contributed by atoms with Gasteiger partial charge in [0.1, 0.15) is 16.9 Å². The molecule has 8 heteroatoms. The Morgan fingerprint density at radius 1 is 1.10 bits per heavy atom. The van der Waals surface area contributed by atoms with E-state index >= 15 is 0 Å². The van der Waals surface area contributed by atoms with Crippen LogP contribution in [0, 0.1) is 0 Å². The number of aromatic nitrogens is 4. The maximum absolute atomic E-state index is 12.8. The lowest BCUT2D eigenvalue weighted by atomic mass is 10.1. The fraction of sp³-hybridized carbons (Fsp3) is 0.0909. The molecule has 148 valence electrons. The van der Waals surface area contributed by atoms with Gasteiger partial charge in [-0.1, -0.05) is 12.1 Å². The third kappa shape index (κ3) is 3.17. The molecule has 5 aromatic rings. The molecular weight excluding hydrogens is 398 g/mol. The SMILES string of the molecule is CN(Cc1nc2ccsc2c(=O)[nH]1)C(=O)c1ccc(-n2cnc3ccccc32)cc1. The molecule has 3 aromatic heterocycles. The van der Waals surface area contributed by atoms with E-state index < -0.39 is 0 Å². The lowest BCUT2D eigenvalue weighted by molar-refractivity contribution is 0.0781.